The molecule has 1 fully saturated rings. The molecule has 2 rings (SSSR count). The van der Waals surface area contributed by atoms with Gasteiger partial charge in [-0.1, -0.05) is 6.92 Å². The van der Waals surface area contributed by atoms with Crippen LogP contribution in [0.3, 0.4) is 0 Å². The van der Waals surface area contributed by atoms with E-state index in [2.05, 4.69) is 18.1 Å². The lowest BCUT2D eigenvalue weighted by atomic mass is 9.94. The minimum atomic E-state index is -5.77. The van der Waals surface area contributed by atoms with E-state index in [9.17, 15) is 32.9 Å². The number of alkyl halides is 1. The first-order valence-electron chi connectivity index (χ1n) is 8.14. The maximum atomic E-state index is 14.7. The zero-order valence-electron chi connectivity index (χ0n) is 15.5. The highest BCUT2D eigenvalue weighted by Gasteiger charge is 2.56. The van der Waals surface area contributed by atoms with E-state index < -0.39 is 59.9 Å². The maximum absolute atomic E-state index is 14.7. The number of nitrogens with zero attached hydrogens (tertiary/aromatic N) is 2. The molecule has 0 spiro atoms. The fourth-order valence-corrected chi connectivity index (χ4v) is 5.74. The lowest BCUT2D eigenvalue weighted by Gasteiger charge is -2.30. The molecule has 0 aromatic carbocycles. The number of phosphoric ester groups is 1. The Morgan fingerprint density at radius 3 is 2.39 bits per heavy atom. The minimum Gasteiger partial charge on any atom is -0.387 e. The van der Waals surface area contributed by atoms with Crippen LogP contribution in [0.1, 0.15) is 19.6 Å². The zero-order chi connectivity index (χ0) is 23.8. The van der Waals surface area contributed by atoms with E-state index >= 15 is 0 Å². The summed E-state index contributed by atoms with van der Waals surface area (Å²) in [5.41, 5.74) is 2.29. The average molecular weight is 513 g/mol. The van der Waals surface area contributed by atoms with Gasteiger partial charge in [0.15, 0.2) is 12.4 Å². The number of rotatable bonds is 9. The van der Waals surface area contributed by atoms with Gasteiger partial charge in [-0.15, -0.1) is 0 Å². The summed E-state index contributed by atoms with van der Waals surface area (Å²) in [6.45, 7) is 0.255. The van der Waals surface area contributed by atoms with Crippen molar-refractivity contribution in [3.63, 3.8) is 0 Å². The smallest absolute Gasteiger partial charge is 0.387 e. The molecule has 31 heavy (non-hydrogen) atoms. The van der Waals surface area contributed by atoms with Crippen LogP contribution in [0.15, 0.2) is 17.1 Å². The third-order valence-corrected chi connectivity index (χ3v) is 7.86. The normalized spacial score (nSPS) is 30.6. The van der Waals surface area contributed by atoms with Gasteiger partial charge >= 0.3 is 29.2 Å². The molecule has 20 heteroatoms. The molecule has 7 N–H and O–H groups in total. The predicted octanol–water partition coefficient (Wildman–Crippen LogP) is -0.455. The fraction of sp³-hybridized carbons (Fsp3) is 0.636. The van der Waals surface area contributed by atoms with Gasteiger partial charge in [0, 0.05) is 6.20 Å². The second-order valence-corrected chi connectivity index (χ2v) is 10.6. The quantitative estimate of drug-likeness (QED) is 0.229. The van der Waals surface area contributed by atoms with E-state index in [0.717, 1.165) is 12.3 Å². The van der Waals surface area contributed by atoms with Crippen molar-refractivity contribution in [3.8, 4) is 0 Å². The van der Waals surface area contributed by atoms with Crippen molar-refractivity contribution in [2.75, 3.05) is 12.3 Å². The van der Waals surface area contributed by atoms with Gasteiger partial charge < -0.3 is 35.2 Å². The summed E-state index contributed by atoms with van der Waals surface area (Å²) in [4.78, 5) is 51.0. The molecule has 1 saturated heterocycles. The Bertz CT molecular complexity index is 1020. The molecule has 2 unspecified atom stereocenters. The standard InChI is InChI=1S/C11H19FN3O13P3/c1-2-11(5-25-30(21,22)28-31(23,24)27-29(18,19)20)8(16)7(12)9(26-11)15-4-3-6(13)14-10(15)17/h3-4,7-9,16H,2,5H2,1H3,(H,21,22)(H,23,24)(H2,13,14,17)(H2,18,19,20)/t7-,8+,9-,11-/m1/s1. The Labute approximate surface area is 172 Å². The Morgan fingerprint density at radius 2 is 1.87 bits per heavy atom. The van der Waals surface area contributed by atoms with Crippen LogP contribution in [-0.4, -0.2) is 58.7 Å². The van der Waals surface area contributed by atoms with Gasteiger partial charge in [-0.25, -0.2) is 22.9 Å². The number of hydrogen-bond donors (Lipinski definition) is 6. The maximum Gasteiger partial charge on any atom is 0.490 e. The topological polar surface area (TPSA) is 250 Å². The fourth-order valence-electron chi connectivity index (χ4n) is 2.66. The number of aliphatic hydroxyl groups excluding tert-OH is 1. The summed E-state index contributed by atoms with van der Waals surface area (Å²) in [6, 6.07) is 1.15. The molecular weight excluding hydrogens is 494 g/mol. The molecule has 1 aliphatic rings. The number of aliphatic hydroxyl groups is 1. The second-order valence-electron chi connectivity index (χ2n) is 6.22. The number of aromatic nitrogens is 2. The summed E-state index contributed by atoms with van der Waals surface area (Å²) in [6.07, 6.45) is -5.20. The number of halogens is 1. The van der Waals surface area contributed by atoms with E-state index in [-0.39, 0.29) is 12.2 Å². The number of anilines is 1. The molecule has 0 saturated carbocycles. The van der Waals surface area contributed by atoms with Crippen LogP contribution in [0.4, 0.5) is 10.2 Å². The van der Waals surface area contributed by atoms with Crippen LogP contribution in [0, 0.1) is 0 Å². The first-order chi connectivity index (χ1) is 14.0. The third kappa shape index (κ3) is 6.48. The highest BCUT2D eigenvalue weighted by atomic mass is 31.3. The van der Waals surface area contributed by atoms with Crippen molar-refractivity contribution in [1.29, 1.82) is 0 Å². The second kappa shape index (κ2) is 9.06. The summed E-state index contributed by atoms with van der Waals surface area (Å²) >= 11 is 0. The monoisotopic (exact) mass is 513 g/mol. The molecule has 0 radical (unpaired) electrons. The largest absolute Gasteiger partial charge is 0.490 e. The van der Waals surface area contributed by atoms with Gasteiger partial charge in [0.1, 0.15) is 17.5 Å². The van der Waals surface area contributed by atoms with Crippen molar-refractivity contribution in [2.45, 2.75) is 37.4 Å². The van der Waals surface area contributed by atoms with E-state index in [4.69, 9.17) is 25.2 Å². The first kappa shape index (κ1) is 26.2. The van der Waals surface area contributed by atoms with Gasteiger partial charge in [-0.05, 0) is 12.5 Å². The van der Waals surface area contributed by atoms with Gasteiger partial charge in [0.2, 0.25) is 0 Å². The third-order valence-electron chi connectivity index (χ3n) is 4.08. The summed E-state index contributed by atoms with van der Waals surface area (Å²) in [5, 5.41) is 10.3. The Morgan fingerprint density at radius 1 is 1.26 bits per heavy atom. The molecule has 0 bridgehead atoms. The zero-order valence-corrected chi connectivity index (χ0v) is 18.2. The number of nitrogen functional groups attached to an aromatic ring is 1. The highest BCUT2D eigenvalue weighted by molar-refractivity contribution is 7.66. The Kier molecular flexibility index (Phi) is 7.65. The average Bonchev–Trinajstić information content (AvgIpc) is 2.82. The van der Waals surface area contributed by atoms with Crippen molar-refractivity contribution in [1.82, 2.24) is 9.55 Å². The minimum absolute atomic E-state index is 0.162. The van der Waals surface area contributed by atoms with E-state index in [1.54, 1.807) is 0 Å². The molecule has 0 amide bonds. The van der Waals surface area contributed by atoms with Crippen LogP contribution in [0.25, 0.3) is 0 Å². The number of ether oxygens (including phenoxy) is 1. The number of phosphoric acid groups is 3. The summed E-state index contributed by atoms with van der Waals surface area (Å²) in [5.74, 6) is -0.162. The van der Waals surface area contributed by atoms with Crippen LogP contribution in [0.5, 0.6) is 0 Å². The lowest BCUT2D eigenvalue weighted by molar-refractivity contribution is -0.128. The Balaban J connectivity index is 2.20. The van der Waals surface area contributed by atoms with Crippen molar-refractivity contribution >= 4 is 29.3 Å². The van der Waals surface area contributed by atoms with Crippen molar-refractivity contribution in [2.24, 2.45) is 0 Å². The molecular formula is C11H19FN3O13P3. The summed E-state index contributed by atoms with van der Waals surface area (Å²) in [7, 11) is -16.9. The van der Waals surface area contributed by atoms with Crippen molar-refractivity contribution < 1.29 is 60.6 Å². The molecule has 0 aliphatic carbocycles. The SMILES string of the molecule is CC[C@]1(COP(=O)(O)OP(=O)(O)OP(=O)(O)O)O[C@@H](n2ccc(N)nc2=O)[C@H](F)[C@@H]1O. The molecule has 16 nitrogen and oxygen atoms in total. The molecule has 1 aromatic heterocycles. The number of nitrogens with two attached hydrogens (primary N) is 1. The van der Waals surface area contributed by atoms with E-state index in [1.165, 1.54) is 6.92 Å². The van der Waals surface area contributed by atoms with Gasteiger partial charge in [0.05, 0.1) is 6.61 Å². The van der Waals surface area contributed by atoms with E-state index in [1.807, 2.05) is 0 Å². The van der Waals surface area contributed by atoms with Crippen LogP contribution in [0.2, 0.25) is 0 Å². The lowest BCUT2D eigenvalue weighted by Crippen LogP contribution is -2.45. The molecule has 6 atom stereocenters. The highest BCUT2D eigenvalue weighted by Crippen LogP contribution is 2.66. The molecule has 1 aliphatic heterocycles. The number of hydrogen-bond acceptors (Lipinski definition) is 11. The molecule has 2 heterocycles. The Hall–Kier alpha value is -1.06. The predicted molar refractivity (Wildman–Crippen MR) is 96.8 cm³/mol. The van der Waals surface area contributed by atoms with Gasteiger partial charge in [-0.2, -0.15) is 13.6 Å². The van der Waals surface area contributed by atoms with Crippen LogP contribution in [-0.2, 0) is 31.6 Å². The van der Waals surface area contributed by atoms with E-state index in [0.29, 0.717) is 4.57 Å². The van der Waals surface area contributed by atoms with Gasteiger partial charge in [0.25, 0.3) is 0 Å². The van der Waals surface area contributed by atoms with Crippen molar-refractivity contribution in [3.05, 3.63) is 22.7 Å². The first-order valence-corrected chi connectivity index (χ1v) is 12.7. The summed E-state index contributed by atoms with van der Waals surface area (Å²) < 4.78 is 66.3. The van der Waals surface area contributed by atoms with Crippen LogP contribution >= 0.6 is 23.5 Å². The van der Waals surface area contributed by atoms with Gasteiger partial charge in [-0.3, -0.25) is 9.09 Å². The molecule has 178 valence electrons. The molecule has 1 aromatic rings. The van der Waals surface area contributed by atoms with Crippen LogP contribution < -0.4 is 11.4 Å².